The van der Waals surface area contributed by atoms with Crippen molar-refractivity contribution >= 4 is 11.6 Å². The number of benzene rings is 1. The minimum absolute atomic E-state index is 0.0259. The Morgan fingerprint density at radius 2 is 2.05 bits per heavy atom. The number of ether oxygens (including phenoxy) is 2. The van der Waals surface area contributed by atoms with Crippen molar-refractivity contribution in [1.29, 1.82) is 0 Å². The zero-order valence-corrected chi connectivity index (χ0v) is 12.2. The first kappa shape index (κ1) is 14.8. The Labute approximate surface area is 119 Å². The molecule has 1 aliphatic rings. The van der Waals surface area contributed by atoms with E-state index in [1.54, 1.807) is 7.11 Å². The number of carbonyl (C=O) groups is 1. The molecule has 1 fully saturated rings. The van der Waals surface area contributed by atoms with Gasteiger partial charge < -0.3 is 20.1 Å². The lowest BCUT2D eigenvalue weighted by atomic mass is 10.2. The molecule has 2 N–H and O–H groups in total. The van der Waals surface area contributed by atoms with Gasteiger partial charge in [-0.15, -0.1) is 0 Å². The molecule has 2 atom stereocenters. The Balaban J connectivity index is 1.88. The molecule has 5 heteroatoms. The number of carbonyl (C=O) groups excluding carboxylic acids is 1. The van der Waals surface area contributed by atoms with Crippen molar-refractivity contribution in [2.45, 2.75) is 38.5 Å². The lowest BCUT2D eigenvalue weighted by Crippen LogP contribution is -2.35. The van der Waals surface area contributed by atoms with E-state index < -0.39 is 0 Å². The first-order valence-electron chi connectivity index (χ1n) is 6.92. The van der Waals surface area contributed by atoms with Gasteiger partial charge in [0.25, 0.3) is 0 Å². The zero-order chi connectivity index (χ0) is 14.5. The normalized spacial score (nSPS) is 22.0. The van der Waals surface area contributed by atoms with E-state index in [1.165, 1.54) is 0 Å². The summed E-state index contributed by atoms with van der Waals surface area (Å²) in [5.74, 6) is 0.776. The fourth-order valence-corrected chi connectivity index (χ4v) is 2.20. The van der Waals surface area contributed by atoms with Crippen LogP contribution in [0.3, 0.4) is 0 Å². The third-order valence-corrected chi connectivity index (χ3v) is 3.23. The van der Waals surface area contributed by atoms with Crippen molar-refractivity contribution in [1.82, 2.24) is 5.32 Å². The molecule has 5 nitrogen and oxygen atoms in total. The summed E-state index contributed by atoms with van der Waals surface area (Å²) in [5, 5.41) is 6.05. The second-order valence-electron chi connectivity index (χ2n) is 5.23. The SMILES string of the molecule is COC1CNC(C(=O)Nc2ccc(OC(C)C)cc2)C1. The lowest BCUT2D eigenvalue weighted by Gasteiger charge is -2.13. The number of rotatable bonds is 5. The summed E-state index contributed by atoms with van der Waals surface area (Å²) in [6.45, 7) is 4.68. The molecule has 0 aliphatic carbocycles. The van der Waals surface area contributed by atoms with Crippen LogP contribution < -0.4 is 15.4 Å². The van der Waals surface area contributed by atoms with Gasteiger partial charge in [0.15, 0.2) is 0 Å². The molecule has 0 aromatic heterocycles. The van der Waals surface area contributed by atoms with Gasteiger partial charge in [0.1, 0.15) is 5.75 Å². The van der Waals surface area contributed by atoms with Crippen molar-refractivity contribution in [2.24, 2.45) is 0 Å². The molecule has 0 bridgehead atoms. The van der Waals surface area contributed by atoms with Gasteiger partial charge >= 0.3 is 0 Å². The summed E-state index contributed by atoms with van der Waals surface area (Å²) in [4.78, 5) is 12.1. The number of anilines is 1. The van der Waals surface area contributed by atoms with Crippen LogP contribution >= 0.6 is 0 Å². The first-order valence-corrected chi connectivity index (χ1v) is 6.92. The topological polar surface area (TPSA) is 59.6 Å². The number of hydrogen-bond donors (Lipinski definition) is 2. The van der Waals surface area contributed by atoms with E-state index in [1.807, 2.05) is 38.1 Å². The van der Waals surface area contributed by atoms with E-state index >= 15 is 0 Å². The van der Waals surface area contributed by atoms with Gasteiger partial charge in [-0.25, -0.2) is 0 Å². The number of amides is 1. The van der Waals surface area contributed by atoms with Gasteiger partial charge in [-0.05, 0) is 44.5 Å². The monoisotopic (exact) mass is 278 g/mol. The molecule has 1 aliphatic heterocycles. The fraction of sp³-hybridized carbons (Fsp3) is 0.533. The van der Waals surface area contributed by atoms with Crippen LogP contribution in [0.5, 0.6) is 5.75 Å². The molecule has 2 unspecified atom stereocenters. The third kappa shape index (κ3) is 3.95. The minimum Gasteiger partial charge on any atom is -0.491 e. The van der Waals surface area contributed by atoms with Crippen LogP contribution in [0.15, 0.2) is 24.3 Å². The lowest BCUT2D eigenvalue weighted by molar-refractivity contribution is -0.118. The Morgan fingerprint density at radius 1 is 1.35 bits per heavy atom. The molecule has 1 aromatic carbocycles. The number of hydrogen-bond acceptors (Lipinski definition) is 4. The van der Waals surface area contributed by atoms with Crippen LogP contribution in [-0.2, 0) is 9.53 Å². The largest absolute Gasteiger partial charge is 0.491 e. The molecule has 0 saturated carbocycles. The van der Waals surface area contributed by atoms with Crippen LogP contribution in [0.2, 0.25) is 0 Å². The summed E-state index contributed by atoms with van der Waals surface area (Å²) < 4.78 is 10.8. The van der Waals surface area contributed by atoms with Gasteiger partial charge in [0.05, 0.1) is 18.2 Å². The van der Waals surface area contributed by atoms with E-state index in [4.69, 9.17) is 9.47 Å². The molecule has 0 spiro atoms. The molecule has 20 heavy (non-hydrogen) atoms. The summed E-state index contributed by atoms with van der Waals surface area (Å²) in [7, 11) is 1.67. The maximum absolute atomic E-state index is 12.1. The van der Waals surface area contributed by atoms with E-state index in [-0.39, 0.29) is 24.2 Å². The van der Waals surface area contributed by atoms with E-state index in [2.05, 4.69) is 10.6 Å². The molecule has 1 aromatic rings. The molecule has 1 amide bonds. The Kier molecular flexibility index (Phi) is 4.98. The van der Waals surface area contributed by atoms with E-state index in [9.17, 15) is 4.79 Å². The van der Waals surface area contributed by atoms with Crippen LogP contribution in [0.1, 0.15) is 20.3 Å². The average Bonchev–Trinajstić information content (AvgIpc) is 2.89. The minimum atomic E-state index is -0.188. The third-order valence-electron chi connectivity index (χ3n) is 3.23. The maximum Gasteiger partial charge on any atom is 0.241 e. The highest BCUT2D eigenvalue weighted by molar-refractivity contribution is 5.95. The molecule has 0 radical (unpaired) electrons. The quantitative estimate of drug-likeness (QED) is 0.862. The summed E-state index contributed by atoms with van der Waals surface area (Å²) in [6, 6.07) is 7.22. The fourth-order valence-electron chi connectivity index (χ4n) is 2.20. The maximum atomic E-state index is 12.1. The van der Waals surface area contributed by atoms with Gasteiger partial charge in [0, 0.05) is 19.3 Å². The molecule has 1 heterocycles. The van der Waals surface area contributed by atoms with E-state index in [0.29, 0.717) is 6.42 Å². The van der Waals surface area contributed by atoms with Crippen LogP contribution in [0.25, 0.3) is 0 Å². The molecular formula is C15H22N2O3. The smallest absolute Gasteiger partial charge is 0.241 e. The number of nitrogens with one attached hydrogen (secondary N) is 2. The molecular weight excluding hydrogens is 256 g/mol. The Hall–Kier alpha value is -1.59. The van der Waals surface area contributed by atoms with Crippen molar-refractivity contribution in [3.05, 3.63) is 24.3 Å². The molecule has 1 saturated heterocycles. The number of methoxy groups -OCH3 is 1. The predicted octanol–water partition coefficient (Wildman–Crippen LogP) is 1.79. The van der Waals surface area contributed by atoms with E-state index in [0.717, 1.165) is 18.0 Å². The molecule has 2 rings (SSSR count). The highest BCUT2D eigenvalue weighted by Crippen LogP contribution is 2.18. The van der Waals surface area contributed by atoms with Gasteiger partial charge in [-0.2, -0.15) is 0 Å². The second kappa shape index (κ2) is 6.72. The zero-order valence-electron chi connectivity index (χ0n) is 12.2. The summed E-state index contributed by atoms with van der Waals surface area (Å²) >= 11 is 0. The standard InChI is InChI=1S/C15H22N2O3/c1-10(2)20-12-6-4-11(5-7-12)17-15(18)14-8-13(19-3)9-16-14/h4-7,10,13-14,16H,8-9H2,1-3H3,(H,17,18). The summed E-state index contributed by atoms with van der Waals surface area (Å²) in [6.07, 6.45) is 0.966. The van der Waals surface area contributed by atoms with Crippen LogP contribution in [0, 0.1) is 0 Å². The van der Waals surface area contributed by atoms with Crippen molar-refractivity contribution in [3.8, 4) is 5.75 Å². The average molecular weight is 278 g/mol. The first-order chi connectivity index (χ1) is 9.58. The highest BCUT2D eigenvalue weighted by atomic mass is 16.5. The van der Waals surface area contributed by atoms with Crippen LogP contribution in [0.4, 0.5) is 5.69 Å². The van der Waals surface area contributed by atoms with Gasteiger partial charge in [-0.1, -0.05) is 0 Å². The van der Waals surface area contributed by atoms with Crippen molar-refractivity contribution in [2.75, 3.05) is 19.0 Å². The van der Waals surface area contributed by atoms with Crippen molar-refractivity contribution in [3.63, 3.8) is 0 Å². The summed E-state index contributed by atoms with van der Waals surface area (Å²) in [5.41, 5.74) is 0.772. The highest BCUT2D eigenvalue weighted by Gasteiger charge is 2.29. The van der Waals surface area contributed by atoms with Gasteiger partial charge in [0.2, 0.25) is 5.91 Å². The molecule has 110 valence electrons. The van der Waals surface area contributed by atoms with Gasteiger partial charge in [-0.3, -0.25) is 4.79 Å². The Bertz CT molecular complexity index is 445. The van der Waals surface area contributed by atoms with Crippen LogP contribution in [-0.4, -0.2) is 37.8 Å². The second-order valence-corrected chi connectivity index (χ2v) is 5.23. The van der Waals surface area contributed by atoms with Crippen molar-refractivity contribution < 1.29 is 14.3 Å². The predicted molar refractivity (Wildman–Crippen MR) is 78.0 cm³/mol. The Morgan fingerprint density at radius 3 is 2.60 bits per heavy atom.